The Labute approximate surface area is 159 Å². The molecule has 1 aliphatic carbocycles. The fourth-order valence-electron chi connectivity index (χ4n) is 3.15. The van der Waals surface area contributed by atoms with Crippen molar-refractivity contribution in [2.75, 3.05) is 0 Å². The Kier molecular flexibility index (Phi) is 4.81. The van der Waals surface area contributed by atoms with Gasteiger partial charge in [0.05, 0.1) is 15.9 Å². The van der Waals surface area contributed by atoms with Crippen LogP contribution in [0.3, 0.4) is 0 Å². The first-order valence-corrected chi connectivity index (χ1v) is 9.53. The first-order valence-electron chi connectivity index (χ1n) is 8.72. The van der Waals surface area contributed by atoms with Crippen LogP contribution in [0.15, 0.2) is 50.7 Å². The van der Waals surface area contributed by atoms with Crippen molar-refractivity contribution in [1.29, 1.82) is 0 Å². The molecule has 0 radical (unpaired) electrons. The Morgan fingerprint density at radius 2 is 1.93 bits per heavy atom. The van der Waals surface area contributed by atoms with Gasteiger partial charge in [-0.15, -0.1) is 0 Å². The second kappa shape index (κ2) is 7.40. The lowest BCUT2D eigenvalue weighted by molar-refractivity contribution is -0.384. The molecule has 4 rings (SSSR count). The van der Waals surface area contributed by atoms with Crippen molar-refractivity contribution in [3.05, 3.63) is 57.2 Å². The van der Waals surface area contributed by atoms with Gasteiger partial charge >= 0.3 is 0 Å². The van der Waals surface area contributed by atoms with Crippen LogP contribution < -0.4 is 5.32 Å². The maximum atomic E-state index is 12.2. The molecule has 0 unspecified atom stereocenters. The van der Waals surface area contributed by atoms with Crippen LogP contribution in [0, 0.1) is 10.1 Å². The highest BCUT2D eigenvalue weighted by atomic mass is 32.2. The summed E-state index contributed by atoms with van der Waals surface area (Å²) in [7, 11) is 0. The van der Waals surface area contributed by atoms with E-state index in [2.05, 4.69) is 10.3 Å². The van der Waals surface area contributed by atoms with Gasteiger partial charge in [-0.1, -0.05) is 12.8 Å². The first-order chi connectivity index (χ1) is 13.1. The molecule has 138 valence electrons. The van der Waals surface area contributed by atoms with E-state index in [1.165, 1.54) is 36.7 Å². The zero-order valence-corrected chi connectivity index (χ0v) is 15.2. The number of carbonyl (C=O) groups is 1. The quantitative estimate of drug-likeness (QED) is 0.481. The summed E-state index contributed by atoms with van der Waals surface area (Å²) in [5, 5.41) is 14.2. The van der Waals surface area contributed by atoms with Crippen LogP contribution in [0.1, 0.15) is 31.4 Å². The Bertz CT molecular complexity index is 940. The molecule has 1 saturated carbocycles. The zero-order valence-electron chi connectivity index (χ0n) is 14.4. The molecule has 1 N–H and O–H groups in total. The fourth-order valence-corrected chi connectivity index (χ4v) is 4.02. The molecule has 2 aromatic rings. The van der Waals surface area contributed by atoms with Crippen molar-refractivity contribution < 1.29 is 14.1 Å². The normalized spacial score (nSPS) is 20.5. The number of nitrogens with one attached hydrogen (secondary N) is 1. The van der Waals surface area contributed by atoms with Gasteiger partial charge < -0.3 is 9.73 Å². The lowest BCUT2D eigenvalue weighted by atomic mass is 10.1. The maximum Gasteiger partial charge on any atom is 0.269 e. The minimum absolute atomic E-state index is 0.0285. The molecule has 1 amide bonds. The van der Waals surface area contributed by atoms with Crippen molar-refractivity contribution in [3.63, 3.8) is 0 Å². The molecule has 1 saturated heterocycles. The number of nitro benzene ring substituents is 1. The molecule has 0 bridgehead atoms. The summed E-state index contributed by atoms with van der Waals surface area (Å²) < 4.78 is 5.77. The second-order valence-corrected chi connectivity index (χ2v) is 7.47. The van der Waals surface area contributed by atoms with E-state index in [0.717, 1.165) is 18.4 Å². The van der Waals surface area contributed by atoms with Gasteiger partial charge in [0.1, 0.15) is 11.5 Å². The van der Waals surface area contributed by atoms with Crippen molar-refractivity contribution in [1.82, 2.24) is 5.32 Å². The number of non-ortho nitro benzene ring substituents is 1. The molecular formula is C19H17N3O4S. The minimum atomic E-state index is -0.442. The van der Waals surface area contributed by atoms with Crippen LogP contribution in [-0.4, -0.2) is 22.0 Å². The summed E-state index contributed by atoms with van der Waals surface area (Å²) >= 11 is 1.33. The summed E-state index contributed by atoms with van der Waals surface area (Å²) in [6, 6.07) is 9.99. The lowest BCUT2D eigenvalue weighted by Gasteiger charge is -2.02. The largest absolute Gasteiger partial charge is 0.457 e. The third-order valence-electron chi connectivity index (χ3n) is 4.54. The van der Waals surface area contributed by atoms with Crippen LogP contribution in [0.4, 0.5) is 5.69 Å². The molecule has 1 aromatic heterocycles. The highest BCUT2D eigenvalue weighted by Gasteiger charge is 2.26. The van der Waals surface area contributed by atoms with E-state index in [4.69, 9.17) is 4.42 Å². The SMILES string of the molecule is O=C1NC(=NC2CCCC2)S/C1=C\c1ccc(-c2ccc([N+](=O)[O-])cc2)o1. The number of benzene rings is 1. The van der Waals surface area contributed by atoms with E-state index in [1.807, 2.05) is 0 Å². The van der Waals surface area contributed by atoms with E-state index in [-0.39, 0.29) is 11.6 Å². The van der Waals surface area contributed by atoms with Crippen LogP contribution >= 0.6 is 11.8 Å². The van der Waals surface area contributed by atoms with Crippen LogP contribution in [0.25, 0.3) is 17.4 Å². The maximum absolute atomic E-state index is 12.2. The molecule has 2 heterocycles. The van der Waals surface area contributed by atoms with Crippen molar-refractivity contribution in [3.8, 4) is 11.3 Å². The van der Waals surface area contributed by atoms with Gasteiger partial charge in [0, 0.05) is 23.8 Å². The number of carbonyl (C=O) groups excluding carboxylic acids is 1. The third-order valence-corrected chi connectivity index (χ3v) is 5.46. The minimum Gasteiger partial charge on any atom is -0.457 e. The van der Waals surface area contributed by atoms with Gasteiger partial charge in [0.2, 0.25) is 0 Å². The fraction of sp³-hybridized carbons (Fsp3) is 0.263. The van der Waals surface area contributed by atoms with Crippen LogP contribution in [0.2, 0.25) is 0 Å². The summed E-state index contributed by atoms with van der Waals surface area (Å²) in [5.41, 5.74) is 0.762. The standard InChI is InChI=1S/C19H17N3O4S/c23-18-17(27-19(21-18)20-13-3-1-2-4-13)11-15-9-10-16(26-15)12-5-7-14(8-6-12)22(24)25/h5-11,13H,1-4H2,(H,20,21,23)/b17-11-. The van der Waals surface area contributed by atoms with Crippen molar-refractivity contribution >= 4 is 34.6 Å². The van der Waals surface area contributed by atoms with Crippen molar-refractivity contribution in [2.45, 2.75) is 31.7 Å². The first kappa shape index (κ1) is 17.5. The third kappa shape index (κ3) is 3.95. The molecule has 7 nitrogen and oxygen atoms in total. The second-order valence-electron chi connectivity index (χ2n) is 6.44. The number of nitrogens with zero attached hydrogens (tertiary/aromatic N) is 2. The molecular weight excluding hydrogens is 366 g/mol. The summed E-state index contributed by atoms with van der Waals surface area (Å²) in [6.45, 7) is 0. The lowest BCUT2D eigenvalue weighted by Crippen LogP contribution is -2.21. The molecule has 8 heteroatoms. The summed E-state index contributed by atoms with van der Waals surface area (Å²) in [5.74, 6) is 0.952. The monoisotopic (exact) mass is 383 g/mol. The van der Waals surface area contributed by atoms with E-state index >= 15 is 0 Å². The van der Waals surface area contributed by atoms with Gasteiger partial charge in [-0.25, -0.2) is 0 Å². The molecule has 1 aromatic carbocycles. The Morgan fingerprint density at radius 3 is 2.63 bits per heavy atom. The van der Waals surface area contributed by atoms with Crippen LogP contribution in [0.5, 0.6) is 0 Å². The number of rotatable bonds is 4. The van der Waals surface area contributed by atoms with Crippen LogP contribution in [-0.2, 0) is 4.79 Å². The number of nitro groups is 1. The van der Waals surface area contributed by atoms with E-state index < -0.39 is 4.92 Å². The summed E-state index contributed by atoms with van der Waals surface area (Å²) in [6.07, 6.45) is 6.23. The molecule has 1 aliphatic heterocycles. The highest BCUT2D eigenvalue weighted by Crippen LogP contribution is 2.31. The van der Waals surface area contributed by atoms with Crippen molar-refractivity contribution in [2.24, 2.45) is 4.99 Å². The van der Waals surface area contributed by atoms with Gasteiger partial charge in [-0.2, -0.15) is 0 Å². The molecule has 2 fully saturated rings. The van der Waals surface area contributed by atoms with Gasteiger partial charge in [-0.3, -0.25) is 19.9 Å². The average molecular weight is 383 g/mol. The predicted molar refractivity (Wildman–Crippen MR) is 104 cm³/mol. The number of hydrogen-bond acceptors (Lipinski definition) is 6. The van der Waals surface area contributed by atoms with E-state index in [1.54, 1.807) is 30.3 Å². The highest BCUT2D eigenvalue weighted by molar-refractivity contribution is 8.18. The number of thioether (sulfide) groups is 1. The van der Waals surface area contributed by atoms with Gasteiger partial charge in [0.25, 0.3) is 11.6 Å². The zero-order chi connectivity index (χ0) is 18.8. The smallest absolute Gasteiger partial charge is 0.269 e. The predicted octanol–water partition coefficient (Wildman–Crippen LogP) is 4.36. The average Bonchev–Trinajstić information content (AvgIpc) is 3.39. The topological polar surface area (TPSA) is 97.7 Å². The van der Waals surface area contributed by atoms with Gasteiger partial charge in [0.15, 0.2) is 5.17 Å². The number of hydrogen-bond donors (Lipinski definition) is 1. The number of aliphatic imine (C=N–C) groups is 1. The number of amidine groups is 1. The summed E-state index contributed by atoms with van der Waals surface area (Å²) in [4.78, 5) is 27.6. The molecule has 0 spiro atoms. The Balaban J connectivity index is 1.49. The number of furan rings is 1. The van der Waals surface area contributed by atoms with E-state index in [9.17, 15) is 14.9 Å². The Morgan fingerprint density at radius 1 is 1.19 bits per heavy atom. The molecule has 27 heavy (non-hydrogen) atoms. The molecule has 0 atom stereocenters. The number of amides is 1. The van der Waals surface area contributed by atoms with E-state index in [0.29, 0.717) is 27.6 Å². The Hall–Kier alpha value is -2.87. The van der Waals surface area contributed by atoms with Gasteiger partial charge in [-0.05, 0) is 48.9 Å². The molecule has 2 aliphatic rings.